The molecular weight excluding hydrogens is 420 g/mol. The van der Waals surface area contributed by atoms with E-state index in [1.807, 2.05) is 13.8 Å². The van der Waals surface area contributed by atoms with Crippen molar-refractivity contribution in [1.29, 1.82) is 0 Å². The van der Waals surface area contributed by atoms with Crippen molar-refractivity contribution >= 4 is 27.5 Å². The van der Waals surface area contributed by atoms with Crippen LogP contribution in [0.1, 0.15) is 44.0 Å². The number of hydrogen-bond acceptors (Lipinski definition) is 7. The van der Waals surface area contributed by atoms with Crippen LogP contribution in [0.4, 0.5) is 16.2 Å². The van der Waals surface area contributed by atoms with Crippen molar-refractivity contribution in [3.8, 4) is 0 Å². The Morgan fingerprint density at radius 1 is 1.06 bits per heavy atom. The van der Waals surface area contributed by atoms with E-state index in [1.165, 1.54) is 24.3 Å². The number of benzene rings is 2. The van der Waals surface area contributed by atoms with Gasteiger partial charge in [-0.25, -0.2) is 13.2 Å². The molecule has 1 aromatic heterocycles. The van der Waals surface area contributed by atoms with Gasteiger partial charge in [0.25, 0.3) is 10.0 Å². The number of carbonyl (C=O) groups is 1. The zero-order valence-corrected chi connectivity index (χ0v) is 18.3. The smallest absolute Gasteiger partial charge is 0.411 e. The molecule has 0 aliphatic rings. The van der Waals surface area contributed by atoms with Crippen molar-refractivity contribution in [3.63, 3.8) is 0 Å². The Morgan fingerprint density at radius 3 is 2.29 bits per heavy atom. The fourth-order valence-corrected chi connectivity index (χ4v) is 3.72. The van der Waals surface area contributed by atoms with Crippen LogP contribution in [0, 0.1) is 0 Å². The Labute approximate surface area is 180 Å². The zero-order chi connectivity index (χ0) is 22.4. The Morgan fingerprint density at radius 2 is 1.71 bits per heavy atom. The molecule has 0 saturated carbocycles. The highest BCUT2D eigenvalue weighted by atomic mass is 32.2. The molecule has 0 radical (unpaired) electrons. The van der Waals surface area contributed by atoms with E-state index in [9.17, 15) is 13.2 Å². The first kappa shape index (κ1) is 22.3. The maximum Gasteiger partial charge on any atom is 0.411 e. The van der Waals surface area contributed by atoms with Crippen LogP contribution in [0.5, 0.6) is 0 Å². The van der Waals surface area contributed by atoms with Crippen molar-refractivity contribution in [2.24, 2.45) is 0 Å². The predicted octanol–water partition coefficient (Wildman–Crippen LogP) is 4.15. The third kappa shape index (κ3) is 6.05. The first-order valence-corrected chi connectivity index (χ1v) is 11.2. The van der Waals surface area contributed by atoms with E-state index in [0.29, 0.717) is 29.5 Å². The molecule has 31 heavy (non-hydrogen) atoms. The summed E-state index contributed by atoms with van der Waals surface area (Å²) >= 11 is 0. The third-order valence-corrected chi connectivity index (χ3v) is 5.63. The lowest BCUT2D eigenvalue weighted by Crippen LogP contribution is -2.14. The van der Waals surface area contributed by atoms with E-state index < -0.39 is 16.1 Å². The fourth-order valence-electron chi connectivity index (χ4n) is 2.66. The molecule has 0 unspecified atom stereocenters. The maximum atomic E-state index is 12.6. The summed E-state index contributed by atoms with van der Waals surface area (Å²) in [5.74, 6) is 1.32. The Bertz CT molecular complexity index is 1120. The van der Waals surface area contributed by atoms with E-state index in [4.69, 9.17) is 9.26 Å². The molecule has 3 aromatic rings. The number of rotatable bonds is 8. The standard InChI is InChI=1S/C21H24N4O5S/c1-4-29-21(26)22-16-9-11-18(12-10-16)31(27,28)25-17-7-5-15(6-8-17)13-19-23-20(14(2)3)30-24-19/h5-12,14,25H,4,13H2,1-3H3,(H,22,26). The first-order valence-electron chi connectivity index (χ1n) is 9.75. The molecule has 0 saturated heterocycles. The second-order valence-corrected chi connectivity index (χ2v) is 8.73. The van der Waals surface area contributed by atoms with Gasteiger partial charge in [0.05, 0.1) is 11.5 Å². The van der Waals surface area contributed by atoms with Gasteiger partial charge in [0, 0.05) is 23.7 Å². The largest absolute Gasteiger partial charge is 0.450 e. The van der Waals surface area contributed by atoms with E-state index in [0.717, 1.165) is 5.56 Å². The van der Waals surface area contributed by atoms with Crippen LogP contribution in [-0.4, -0.2) is 31.3 Å². The minimum atomic E-state index is -3.78. The van der Waals surface area contributed by atoms with Gasteiger partial charge in [-0.3, -0.25) is 10.0 Å². The Hall–Kier alpha value is -3.40. The second kappa shape index (κ2) is 9.61. The molecule has 9 nitrogen and oxygen atoms in total. The van der Waals surface area contributed by atoms with Crippen LogP contribution in [0.25, 0.3) is 0 Å². The summed E-state index contributed by atoms with van der Waals surface area (Å²) in [7, 11) is -3.78. The quantitative estimate of drug-likeness (QED) is 0.535. The van der Waals surface area contributed by atoms with E-state index in [1.54, 1.807) is 31.2 Å². The molecule has 3 rings (SSSR count). The van der Waals surface area contributed by atoms with Crippen LogP contribution >= 0.6 is 0 Å². The van der Waals surface area contributed by atoms with Crippen LogP contribution in [-0.2, 0) is 21.2 Å². The molecule has 2 N–H and O–H groups in total. The number of aromatic nitrogens is 2. The normalized spacial score (nSPS) is 11.4. The number of nitrogens with one attached hydrogen (secondary N) is 2. The van der Waals surface area contributed by atoms with Crippen molar-refractivity contribution in [1.82, 2.24) is 10.1 Å². The number of ether oxygens (including phenoxy) is 1. The summed E-state index contributed by atoms with van der Waals surface area (Å²) in [5, 5.41) is 6.47. The molecule has 0 aliphatic heterocycles. The molecule has 1 heterocycles. The lowest BCUT2D eigenvalue weighted by Gasteiger charge is -2.10. The minimum absolute atomic E-state index is 0.0685. The summed E-state index contributed by atoms with van der Waals surface area (Å²) in [5.41, 5.74) is 1.78. The SMILES string of the molecule is CCOC(=O)Nc1ccc(S(=O)(=O)Nc2ccc(Cc3noc(C(C)C)n3)cc2)cc1. The highest BCUT2D eigenvalue weighted by molar-refractivity contribution is 7.92. The van der Waals surface area contributed by atoms with Crippen molar-refractivity contribution in [2.75, 3.05) is 16.6 Å². The lowest BCUT2D eigenvalue weighted by molar-refractivity contribution is 0.168. The number of sulfonamides is 1. The molecular formula is C21H24N4O5S. The van der Waals surface area contributed by atoms with Gasteiger partial charge in [-0.05, 0) is 48.9 Å². The molecule has 0 atom stereocenters. The number of amides is 1. The Kier molecular flexibility index (Phi) is 6.91. The molecule has 2 aromatic carbocycles. The van der Waals surface area contributed by atoms with Crippen LogP contribution in [0.15, 0.2) is 57.9 Å². The summed E-state index contributed by atoms with van der Waals surface area (Å²) < 4.78 is 37.8. The van der Waals surface area contributed by atoms with Gasteiger partial charge in [0.2, 0.25) is 5.89 Å². The van der Waals surface area contributed by atoms with Gasteiger partial charge in [0.15, 0.2) is 5.82 Å². The summed E-state index contributed by atoms with van der Waals surface area (Å²) in [6.45, 7) is 5.89. The van der Waals surface area contributed by atoms with Crippen molar-refractivity contribution in [2.45, 2.75) is 38.0 Å². The van der Waals surface area contributed by atoms with E-state index in [2.05, 4.69) is 20.2 Å². The summed E-state index contributed by atoms with van der Waals surface area (Å²) in [6, 6.07) is 12.7. The predicted molar refractivity (Wildman–Crippen MR) is 116 cm³/mol. The van der Waals surface area contributed by atoms with Gasteiger partial charge in [-0.2, -0.15) is 4.98 Å². The summed E-state index contributed by atoms with van der Waals surface area (Å²) in [4.78, 5) is 15.8. The van der Waals surface area contributed by atoms with Crippen molar-refractivity contribution in [3.05, 3.63) is 65.8 Å². The molecule has 10 heteroatoms. The Balaban J connectivity index is 1.63. The third-order valence-electron chi connectivity index (χ3n) is 4.23. The van der Waals surface area contributed by atoms with Crippen LogP contribution in [0.2, 0.25) is 0 Å². The number of nitrogens with zero attached hydrogens (tertiary/aromatic N) is 2. The van der Waals surface area contributed by atoms with Gasteiger partial charge in [0.1, 0.15) is 0 Å². The molecule has 1 amide bonds. The molecule has 0 spiro atoms. The second-order valence-electron chi connectivity index (χ2n) is 7.05. The molecule has 0 bridgehead atoms. The average molecular weight is 445 g/mol. The monoisotopic (exact) mass is 444 g/mol. The van der Waals surface area contributed by atoms with Gasteiger partial charge in [-0.15, -0.1) is 0 Å². The fraction of sp³-hybridized carbons (Fsp3) is 0.286. The molecule has 164 valence electrons. The van der Waals surface area contributed by atoms with E-state index >= 15 is 0 Å². The highest BCUT2D eigenvalue weighted by Gasteiger charge is 2.15. The zero-order valence-electron chi connectivity index (χ0n) is 17.5. The first-order chi connectivity index (χ1) is 14.8. The van der Waals surface area contributed by atoms with Gasteiger partial charge >= 0.3 is 6.09 Å². The topological polar surface area (TPSA) is 123 Å². The molecule has 0 fully saturated rings. The average Bonchev–Trinajstić information content (AvgIpc) is 3.19. The maximum absolute atomic E-state index is 12.6. The minimum Gasteiger partial charge on any atom is -0.450 e. The summed E-state index contributed by atoms with van der Waals surface area (Å²) in [6.07, 6.45) is -0.115. The van der Waals surface area contributed by atoms with Crippen LogP contribution in [0.3, 0.4) is 0 Å². The lowest BCUT2D eigenvalue weighted by atomic mass is 10.1. The van der Waals surface area contributed by atoms with Gasteiger partial charge in [-0.1, -0.05) is 31.1 Å². The number of hydrogen-bond donors (Lipinski definition) is 2. The number of carbonyl (C=O) groups excluding carboxylic acids is 1. The van der Waals surface area contributed by atoms with Gasteiger partial charge < -0.3 is 9.26 Å². The van der Waals surface area contributed by atoms with E-state index in [-0.39, 0.29) is 17.4 Å². The van der Waals surface area contributed by atoms with Crippen molar-refractivity contribution < 1.29 is 22.5 Å². The highest BCUT2D eigenvalue weighted by Crippen LogP contribution is 2.20. The molecule has 0 aliphatic carbocycles. The van der Waals surface area contributed by atoms with Crippen LogP contribution < -0.4 is 10.0 Å². The number of anilines is 2.